The van der Waals surface area contributed by atoms with Gasteiger partial charge in [0.15, 0.2) is 0 Å². The van der Waals surface area contributed by atoms with Gasteiger partial charge in [-0.2, -0.15) is 9.50 Å². The van der Waals surface area contributed by atoms with Crippen LogP contribution in [-0.4, -0.2) is 56.6 Å². The molecule has 2 aromatic heterocycles. The van der Waals surface area contributed by atoms with Crippen LogP contribution in [0.1, 0.15) is 39.5 Å². The van der Waals surface area contributed by atoms with Crippen LogP contribution in [-0.2, 0) is 4.79 Å². The number of benzene rings is 1. The Labute approximate surface area is 198 Å². The predicted octanol–water partition coefficient (Wildman–Crippen LogP) is 4.96. The van der Waals surface area contributed by atoms with Gasteiger partial charge in [0, 0.05) is 43.9 Å². The van der Waals surface area contributed by atoms with Crippen LogP contribution in [0.5, 0.6) is 0 Å². The van der Waals surface area contributed by atoms with E-state index in [0.29, 0.717) is 48.0 Å². The van der Waals surface area contributed by atoms with Crippen LogP contribution in [0.15, 0.2) is 30.5 Å². The van der Waals surface area contributed by atoms with E-state index in [2.05, 4.69) is 28.7 Å². The molecule has 0 radical (unpaired) electrons. The van der Waals surface area contributed by atoms with Crippen molar-refractivity contribution < 1.29 is 4.79 Å². The Hall–Kier alpha value is -2.38. The SMILES string of the molecule is CCCC[C@@H](CC)C(=O)N1CCN(c2nc3nccc(-c4ccc(Cl)c(Cl)c4)n3n2)CC1. The van der Waals surface area contributed by atoms with Crippen LogP contribution >= 0.6 is 23.2 Å². The smallest absolute Gasteiger partial charge is 0.254 e. The first-order valence-electron chi connectivity index (χ1n) is 11.2. The third-order valence-corrected chi connectivity index (χ3v) is 6.81. The van der Waals surface area contributed by atoms with Crippen molar-refractivity contribution in [3.05, 3.63) is 40.5 Å². The third-order valence-electron chi connectivity index (χ3n) is 6.07. The average Bonchev–Trinajstić information content (AvgIpc) is 3.26. The molecule has 0 unspecified atom stereocenters. The minimum absolute atomic E-state index is 0.132. The number of anilines is 1. The highest BCUT2D eigenvalue weighted by atomic mass is 35.5. The summed E-state index contributed by atoms with van der Waals surface area (Å²) in [6, 6.07) is 7.36. The molecule has 0 aliphatic carbocycles. The second-order valence-corrected chi connectivity index (χ2v) is 8.96. The van der Waals surface area contributed by atoms with Crippen LogP contribution in [0.25, 0.3) is 17.0 Å². The molecule has 0 saturated carbocycles. The molecule has 0 N–H and O–H groups in total. The molecule has 1 aromatic carbocycles. The van der Waals surface area contributed by atoms with Gasteiger partial charge in [0.25, 0.3) is 5.78 Å². The van der Waals surface area contributed by atoms with Crippen molar-refractivity contribution in [1.29, 1.82) is 0 Å². The van der Waals surface area contributed by atoms with Crippen LogP contribution in [0, 0.1) is 5.92 Å². The van der Waals surface area contributed by atoms with Gasteiger partial charge >= 0.3 is 0 Å². The van der Waals surface area contributed by atoms with Gasteiger partial charge in [-0.15, -0.1) is 5.10 Å². The first-order valence-corrected chi connectivity index (χ1v) is 12.0. The number of fused-ring (bicyclic) bond motifs is 1. The quantitative estimate of drug-likeness (QED) is 0.483. The number of aromatic nitrogens is 4. The van der Waals surface area contributed by atoms with E-state index in [1.54, 1.807) is 16.8 Å². The summed E-state index contributed by atoms with van der Waals surface area (Å²) in [5.74, 6) is 1.56. The monoisotopic (exact) mass is 474 g/mol. The maximum absolute atomic E-state index is 12.9. The molecule has 1 atom stereocenters. The summed E-state index contributed by atoms with van der Waals surface area (Å²) in [6.45, 7) is 7.05. The molecule has 32 heavy (non-hydrogen) atoms. The summed E-state index contributed by atoms with van der Waals surface area (Å²) in [5, 5.41) is 5.71. The van der Waals surface area contributed by atoms with Gasteiger partial charge in [-0.05, 0) is 31.0 Å². The van der Waals surface area contributed by atoms with E-state index in [-0.39, 0.29) is 11.8 Å². The van der Waals surface area contributed by atoms with Crippen molar-refractivity contribution in [2.75, 3.05) is 31.1 Å². The van der Waals surface area contributed by atoms with Gasteiger partial charge in [0.05, 0.1) is 15.7 Å². The lowest BCUT2D eigenvalue weighted by Gasteiger charge is -2.35. The van der Waals surface area contributed by atoms with Gasteiger partial charge in [-0.25, -0.2) is 4.98 Å². The highest BCUT2D eigenvalue weighted by Crippen LogP contribution is 2.29. The fourth-order valence-corrected chi connectivity index (χ4v) is 4.43. The molecule has 1 aliphatic rings. The first-order chi connectivity index (χ1) is 15.5. The number of halogens is 2. The molecule has 170 valence electrons. The Morgan fingerprint density at radius 3 is 2.56 bits per heavy atom. The molecule has 1 aliphatic heterocycles. The molecule has 0 spiro atoms. The lowest BCUT2D eigenvalue weighted by atomic mass is 9.97. The number of hydrogen-bond donors (Lipinski definition) is 0. The molecule has 4 rings (SSSR count). The normalized spacial score (nSPS) is 15.4. The lowest BCUT2D eigenvalue weighted by molar-refractivity contribution is -0.136. The summed E-state index contributed by atoms with van der Waals surface area (Å²) in [5.41, 5.74) is 1.72. The van der Waals surface area contributed by atoms with Crippen molar-refractivity contribution in [2.45, 2.75) is 39.5 Å². The van der Waals surface area contributed by atoms with Crippen molar-refractivity contribution >= 4 is 40.8 Å². The van der Waals surface area contributed by atoms with Crippen LogP contribution < -0.4 is 4.90 Å². The number of rotatable bonds is 7. The van der Waals surface area contributed by atoms with Crippen LogP contribution in [0.2, 0.25) is 10.0 Å². The van der Waals surface area contributed by atoms with Gasteiger partial charge < -0.3 is 9.80 Å². The molecule has 1 saturated heterocycles. The number of unbranched alkanes of at least 4 members (excludes halogenated alkanes) is 1. The number of carbonyl (C=O) groups is 1. The predicted molar refractivity (Wildman–Crippen MR) is 128 cm³/mol. The minimum Gasteiger partial charge on any atom is -0.339 e. The van der Waals surface area contributed by atoms with E-state index >= 15 is 0 Å². The average molecular weight is 475 g/mol. The van der Waals surface area contributed by atoms with Gasteiger partial charge in [0.1, 0.15) is 0 Å². The number of nitrogens with zero attached hydrogens (tertiary/aromatic N) is 6. The summed E-state index contributed by atoms with van der Waals surface area (Å²) in [6.07, 6.45) is 5.81. The second-order valence-electron chi connectivity index (χ2n) is 8.14. The summed E-state index contributed by atoms with van der Waals surface area (Å²) in [7, 11) is 0. The molecule has 3 aromatic rings. The highest BCUT2D eigenvalue weighted by Gasteiger charge is 2.27. The largest absolute Gasteiger partial charge is 0.339 e. The molecule has 1 fully saturated rings. The van der Waals surface area contributed by atoms with E-state index in [1.807, 2.05) is 23.1 Å². The fraction of sp³-hybridized carbons (Fsp3) is 0.478. The number of amides is 1. The summed E-state index contributed by atoms with van der Waals surface area (Å²) in [4.78, 5) is 26.0. The molecular weight excluding hydrogens is 447 g/mol. The Morgan fingerprint density at radius 2 is 1.88 bits per heavy atom. The fourth-order valence-electron chi connectivity index (χ4n) is 4.13. The zero-order chi connectivity index (χ0) is 22.7. The number of piperazine rings is 1. The molecule has 7 nitrogen and oxygen atoms in total. The topological polar surface area (TPSA) is 66.6 Å². The Bertz CT molecular complexity index is 1090. The van der Waals surface area contributed by atoms with Gasteiger partial charge in [0.2, 0.25) is 11.9 Å². The Morgan fingerprint density at radius 1 is 1.09 bits per heavy atom. The summed E-state index contributed by atoms with van der Waals surface area (Å²) >= 11 is 12.3. The Kier molecular flexibility index (Phi) is 7.16. The van der Waals surface area contributed by atoms with Crippen LogP contribution in [0.4, 0.5) is 5.95 Å². The maximum atomic E-state index is 12.9. The summed E-state index contributed by atoms with van der Waals surface area (Å²) < 4.78 is 1.73. The second kappa shape index (κ2) is 10.0. The van der Waals surface area contributed by atoms with Crippen molar-refractivity contribution in [3.63, 3.8) is 0 Å². The third kappa shape index (κ3) is 4.69. The van der Waals surface area contributed by atoms with Crippen molar-refractivity contribution in [3.8, 4) is 11.3 Å². The van der Waals surface area contributed by atoms with E-state index in [4.69, 9.17) is 28.3 Å². The van der Waals surface area contributed by atoms with Crippen LogP contribution in [0.3, 0.4) is 0 Å². The molecule has 9 heteroatoms. The zero-order valence-electron chi connectivity index (χ0n) is 18.5. The van der Waals surface area contributed by atoms with E-state index in [0.717, 1.165) is 36.9 Å². The van der Waals surface area contributed by atoms with Crippen molar-refractivity contribution in [1.82, 2.24) is 24.5 Å². The standard InChI is InChI=1S/C23H28Cl2N6O/c1-3-5-6-16(4-2)21(32)29-11-13-30(14-12-29)23-27-22-26-10-9-20(31(22)28-23)17-7-8-18(24)19(25)15-17/h7-10,15-16H,3-6,11-14H2,1-2H3/t16-/m1/s1. The molecule has 0 bridgehead atoms. The van der Waals surface area contributed by atoms with E-state index in [9.17, 15) is 4.79 Å². The molecule has 1 amide bonds. The number of hydrogen-bond acceptors (Lipinski definition) is 5. The van der Waals surface area contributed by atoms with E-state index in [1.165, 1.54) is 0 Å². The zero-order valence-corrected chi connectivity index (χ0v) is 20.0. The van der Waals surface area contributed by atoms with Crippen molar-refractivity contribution in [2.24, 2.45) is 5.92 Å². The van der Waals surface area contributed by atoms with Gasteiger partial charge in [-0.3, -0.25) is 4.79 Å². The van der Waals surface area contributed by atoms with E-state index < -0.39 is 0 Å². The minimum atomic E-state index is 0.132. The lowest BCUT2D eigenvalue weighted by Crippen LogP contribution is -2.50. The molecular formula is C23H28Cl2N6O. The highest BCUT2D eigenvalue weighted by molar-refractivity contribution is 6.42. The molecule has 3 heterocycles. The maximum Gasteiger partial charge on any atom is 0.254 e. The number of carbonyl (C=O) groups excluding carboxylic acids is 1. The first kappa shape index (κ1) is 22.8. The Balaban J connectivity index is 1.50. The van der Waals surface area contributed by atoms with Gasteiger partial charge in [-0.1, -0.05) is 56.0 Å².